The summed E-state index contributed by atoms with van der Waals surface area (Å²) in [5.41, 5.74) is 3.63. The molecule has 0 unspecified atom stereocenters. The number of piperidine rings is 1. The number of methoxy groups -OCH3 is 3. The number of ether oxygens (including phenoxy) is 3. The first-order valence-electron chi connectivity index (χ1n) is 13.7. The van der Waals surface area contributed by atoms with E-state index in [-0.39, 0.29) is 17.6 Å². The van der Waals surface area contributed by atoms with Crippen molar-refractivity contribution in [1.82, 2.24) is 15.3 Å². The molecule has 2 N–H and O–H groups in total. The second-order valence-corrected chi connectivity index (χ2v) is 9.98. The van der Waals surface area contributed by atoms with Gasteiger partial charge in [0.25, 0.3) is 0 Å². The van der Waals surface area contributed by atoms with E-state index in [0.29, 0.717) is 42.0 Å². The molecule has 9 nitrogen and oxygen atoms in total. The summed E-state index contributed by atoms with van der Waals surface area (Å²) in [6, 6.07) is 19.8. The molecule has 0 spiro atoms. The van der Waals surface area contributed by atoms with Crippen molar-refractivity contribution in [2.24, 2.45) is 5.92 Å². The molecule has 5 rings (SSSR count). The van der Waals surface area contributed by atoms with Crippen LogP contribution in [0.4, 0.5) is 21.8 Å². The van der Waals surface area contributed by atoms with E-state index >= 15 is 0 Å². The molecule has 2 heterocycles. The SMILES string of the molecule is COc1cc(Nc2nccc(N3CCC[C@H](C(=O)NCc4ccc(-c5ccc(F)cc5)cc4)C3)n2)cc(OC)c1OC. The summed E-state index contributed by atoms with van der Waals surface area (Å²) >= 11 is 0. The van der Waals surface area contributed by atoms with Gasteiger partial charge in [0.1, 0.15) is 11.6 Å². The maximum atomic E-state index is 13.2. The van der Waals surface area contributed by atoms with E-state index in [0.717, 1.165) is 41.9 Å². The normalized spacial score (nSPS) is 14.7. The number of hydrogen-bond acceptors (Lipinski definition) is 8. The molecule has 1 saturated heterocycles. The Hall–Kier alpha value is -4.86. The molecule has 1 atom stereocenters. The Bertz CT molecular complexity index is 1490. The summed E-state index contributed by atoms with van der Waals surface area (Å²) < 4.78 is 29.5. The molecule has 0 aliphatic carbocycles. The summed E-state index contributed by atoms with van der Waals surface area (Å²) in [6.07, 6.45) is 3.39. The maximum absolute atomic E-state index is 13.2. The van der Waals surface area contributed by atoms with Gasteiger partial charge in [-0.05, 0) is 47.7 Å². The third-order valence-electron chi connectivity index (χ3n) is 7.28. The molecule has 3 aromatic carbocycles. The average Bonchev–Trinajstić information content (AvgIpc) is 3.04. The van der Waals surface area contributed by atoms with Crippen molar-refractivity contribution in [3.8, 4) is 28.4 Å². The van der Waals surface area contributed by atoms with Crippen LogP contribution in [-0.4, -0.2) is 50.3 Å². The van der Waals surface area contributed by atoms with E-state index in [2.05, 4.69) is 20.5 Å². The van der Waals surface area contributed by atoms with Crippen LogP contribution in [0.15, 0.2) is 72.9 Å². The summed E-state index contributed by atoms with van der Waals surface area (Å²) in [7, 11) is 4.68. The second kappa shape index (κ2) is 13.2. The number of rotatable bonds is 10. The highest BCUT2D eigenvalue weighted by molar-refractivity contribution is 5.79. The Morgan fingerprint density at radius 3 is 2.26 bits per heavy atom. The molecule has 0 bridgehead atoms. The van der Waals surface area contributed by atoms with Gasteiger partial charge >= 0.3 is 0 Å². The minimum atomic E-state index is -0.258. The van der Waals surface area contributed by atoms with Crippen LogP contribution >= 0.6 is 0 Å². The largest absolute Gasteiger partial charge is 0.493 e. The van der Waals surface area contributed by atoms with E-state index in [1.165, 1.54) is 12.1 Å². The summed E-state index contributed by atoms with van der Waals surface area (Å²) in [4.78, 5) is 24.3. The molecule has 4 aromatic rings. The first-order chi connectivity index (χ1) is 20.5. The lowest BCUT2D eigenvalue weighted by molar-refractivity contribution is -0.125. The number of amides is 1. The maximum Gasteiger partial charge on any atom is 0.229 e. The minimum absolute atomic E-state index is 0.0205. The van der Waals surface area contributed by atoms with Gasteiger partial charge in [-0.2, -0.15) is 4.98 Å². The first kappa shape index (κ1) is 28.7. The van der Waals surface area contributed by atoms with Crippen molar-refractivity contribution in [1.29, 1.82) is 0 Å². The predicted molar refractivity (Wildman–Crippen MR) is 160 cm³/mol. The van der Waals surface area contributed by atoms with Gasteiger partial charge in [0.2, 0.25) is 17.6 Å². The highest BCUT2D eigenvalue weighted by Crippen LogP contribution is 2.40. The third-order valence-corrected chi connectivity index (χ3v) is 7.28. The number of carbonyl (C=O) groups excluding carboxylic acids is 1. The van der Waals surface area contributed by atoms with Crippen molar-refractivity contribution in [3.05, 3.63) is 84.3 Å². The van der Waals surface area contributed by atoms with Gasteiger partial charge in [-0.1, -0.05) is 36.4 Å². The fourth-order valence-corrected chi connectivity index (χ4v) is 5.06. The Labute approximate surface area is 244 Å². The zero-order chi connectivity index (χ0) is 29.5. The van der Waals surface area contributed by atoms with Crippen LogP contribution in [0.3, 0.4) is 0 Å². The molecule has 1 aromatic heterocycles. The van der Waals surface area contributed by atoms with Crippen molar-refractivity contribution in [3.63, 3.8) is 0 Å². The molecule has 1 fully saturated rings. The van der Waals surface area contributed by atoms with Crippen LogP contribution in [0.5, 0.6) is 17.2 Å². The molecule has 42 heavy (non-hydrogen) atoms. The fourth-order valence-electron chi connectivity index (χ4n) is 5.06. The van der Waals surface area contributed by atoms with Gasteiger partial charge in [0.15, 0.2) is 11.5 Å². The van der Waals surface area contributed by atoms with Crippen molar-refractivity contribution >= 4 is 23.4 Å². The number of aromatic nitrogens is 2. The number of nitrogens with zero attached hydrogens (tertiary/aromatic N) is 3. The number of carbonyl (C=O) groups is 1. The quantitative estimate of drug-likeness (QED) is 0.255. The van der Waals surface area contributed by atoms with Gasteiger partial charge in [0.05, 0.1) is 27.2 Å². The minimum Gasteiger partial charge on any atom is -0.493 e. The lowest BCUT2D eigenvalue weighted by Gasteiger charge is -2.33. The third kappa shape index (κ3) is 6.71. The Kier molecular flexibility index (Phi) is 9.01. The van der Waals surface area contributed by atoms with Gasteiger partial charge < -0.3 is 29.7 Å². The zero-order valence-corrected chi connectivity index (χ0v) is 23.9. The van der Waals surface area contributed by atoms with Crippen LogP contribution in [0, 0.1) is 11.7 Å². The van der Waals surface area contributed by atoms with E-state index in [1.54, 1.807) is 51.8 Å². The Balaban J connectivity index is 1.20. The van der Waals surface area contributed by atoms with E-state index < -0.39 is 0 Å². The average molecular weight is 572 g/mol. The van der Waals surface area contributed by atoms with Crippen LogP contribution in [0.1, 0.15) is 18.4 Å². The molecular formula is C32H34FN5O4. The number of benzene rings is 3. The molecule has 10 heteroatoms. The fraction of sp³-hybridized carbons (Fsp3) is 0.281. The van der Waals surface area contributed by atoms with Gasteiger partial charge in [0, 0.05) is 43.7 Å². The second-order valence-electron chi connectivity index (χ2n) is 9.98. The number of nitrogens with one attached hydrogen (secondary N) is 2. The number of halogens is 1. The monoisotopic (exact) mass is 571 g/mol. The molecular weight excluding hydrogens is 537 g/mol. The van der Waals surface area contributed by atoms with Crippen molar-refractivity contribution in [2.75, 3.05) is 44.6 Å². The van der Waals surface area contributed by atoms with Crippen molar-refractivity contribution in [2.45, 2.75) is 19.4 Å². The molecule has 1 aliphatic rings. The highest BCUT2D eigenvalue weighted by atomic mass is 19.1. The Morgan fingerprint density at radius 1 is 0.952 bits per heavy atom. The van der Waals surface area contributed by atoms with Crippen LogP contribution in [-0.2, 0) is 11.3 Å². The van der Waals surface area contributed by atoms with Crippen molar-refractivity contribution < 1.29 is 23.4 Å². The molecule has 218 valence electrons. The standard InChI is InChI=1S/C32H34FN5O4/c1-40-27-17-26(18-28(41-2)30(27)42-3)36-32-34-15-14-29(37-32)38-16-4-5-24(20-38)31(39)35-19-21-6-8-22(9-7-21)23-10-12-25(33)13-11-23/h6-15,17-18,24H,4-5,16,19-20H2,1-3H3,(H,35,39)(H,34,36,37)/t24-/m0/s1. The van der Waals surface area contributed by atoms with Gasteiger partial charge in [-0.25, -0.2) is 9.37 Å². The predicted octanol–water partition coefficient (Wildman–Crippen LogP) is 5.58. The molecule has 1 aliphatic heterocycles. The van der Waals surface area contributed by atoms with Crippen LogP contribution in [0.25, 0.3) is 11.1 Å². The zero-order valence-electron chi connectivity index (χ0n) is 23.9. The lowest BCUT2D eigenvalue weighted by Crippen LogP contribution is -2.43. The smallest absolute Gasteiger partial charge is 0.229 e. The summed E-state index contributed by atoms with van der Waals surface area (Å²) in [6.45, 7) is 1.81. The Morgan fingerprint density at radius 2 is 1.62 bits per heavy atom. The lowest BCUT2D eigenvalue weighted by atomic mass is 9.97. The van der Waals surface area contributed by atoms with Gasteiger partial charge in [-0.15, -0.1) is 0 Å². The summed E-state index contributed by atoms with van der Waals surface area (Å²) in [5.74, 6) is 2.30. The summed E-state index contributed by atoms with van der Waals surface area (Å²) in [5, 5.41) is 6.30. The molecule has 1 amide bonds. The topological polar surface area (TPSA) is 97.8 Å². The number of hydrogen-bond donors (Lipinski definition) is 2. The van der Waals surface area contributed by atoms with E-state index in [9.17, 15) is 9.18 Å². The van der Waals surface area contributed by atoms with Crippen LogP contribution < -0.4 is 29.7 Å². The van der Waals surface area contributed by atoms with Gasteiger partial charge in [-0.3, -0.25) is 4.79 Å². The van der Waals surface area contributed by atoms with E-state index in [4.69, 9.17) is 19.2 Å². The molecule has 0 radical (unpaired) electrons. The molecule has 0 saturated carbocycles. The highest BCUT2D eigenvalue weighted by Gasteiger charge is 2.26. The van der Waals surface area contributed by atoms with Crippen LogP contribution in [0.2, 0.25) is 0 Å². The first-order valence-corrected chi connectivity index (χ1v) is 13.7. The van der Waals surface area contributed by atoms with E-state index in [1.807, 2.05) is 30.3 Å². The number of anilines is 3.